The number of aryl methyl sites for hydroxylation is 2. The number of hydrogen-bond donors (Lipinski definition) is 1. The van der Waals surface area contributed by atoms with Gasteiger partial charge < -0.3 is 5.32 Å². The third kappa shape index (κ3) is 4.98. The fraction of sp³-hybridized carbons (Fsp3) is 0.125. The van der Waals surface area contributed by atoms with E-state index in [0.717, 1.165) is 28.2 Å². The lowest BCUT2D eigenvalue weighted by atomic mass is 10.2. The number of thioether (sulfide) groups is 1. The van der Waals surface area contributed by atoms with Crippen molar-refractivity contribution < 1.29 is 4.79 Å². The van der Waals surface area contributed by atoms with Crippen LogP contribution in [0, 0.1) is 13.8 Å². The molecule has 0 unspecified atom stereocenters. The molecule has 1 N–H and O–H groups in total. The van der Waals surface area contributed by atoms with Crippen LogP contribution in [0.4, 0.5) is 5.69 Å². The zero-order valence-electron chi connectivity index (χ0n) is 17.2. The van der Waals surface area contributed by atoms with Gasteiger partial charge in [0.2, 0.25) is 5.91 Å². The summed E-state index contributed by atoms with van der Waals surface area (Å²) < 4.78 is 1.99. The summed E-state index contributed by atoms with van der Waals surface area (Å²) in [5.41, 5.74) is 4.72. The molecule has 4 rings (SSSR count). The number of benzene rings is 3. The predicted octanol–water partition coefficient (Wildman–Crippen LogP) is 5.94. The summed E-state index contributed by atoms with van der Waals surface area (Å²) in [4.78, 5) is 12.6. The van der Waals surface area contributed by atoms with E-state index in [1.165, 1.54) is 11.8 Å². The maximum atomic E-state index is 12.6. The number of carbonyl (C=O) groups excluding carboxylic acids is 1. The van der Waals surface area contributed by atoms with E-state index in [-0.39, 0.29) is 11.7 Å². The number of anilines is 1. The summed E-state index contributed by atoms with van der Waals surface area (Å²) in [5.74, 6) is 0.806. The molecule has 1 amide bonds. The number of nitrogens with zero attached hydrogens (tertiary/aromatic N) is 3. The summed E-state index contributed by atoms with van der Waals surface area (Å²) in [6, 6.07) is 23.5. The Morgan fingerprint density at radius 2 is 1.81 bits per heavy atom. The number of halogens is 1. The Balaban J connectivity index is 1.60. The van der Waals surface area contributed by atoms with Crippen molar-refractivity contribution >= 4 is 35.0 Å². The Labute approximate surface area is 190 Å². The van der Waals surface area contributed by atoms with E-state index in [4.69, 9.17) is 11.6 Å². The lowest BCUT2D eigenvalue weighted by Gasteiger charge is -2.12. The Morgan fingerprint density at radius 1 is 1.00 bits per heavy atom. The molecular weight excluding hydrogens is 428 g/mol. The van der Waals surface area contributed by atoms with E-state index >= 15 is 0 Å². The van der Waals surface area contributed by atoms with E-state index < -0.39 is 0 Å². The van der Waals surface area contributed by atoms with Gasteiger partial charge in [0.15, 0.2) is 11.0 Å². The van der Waals surface area contributed by atoms with Crippen molar-refractivity contribution in [3.05, 3.63) is 88.9 Å². The molecule has 0 radical (unpaired) electrons. The summed E-state index contributed by atoms with van der Waals surface area (Å²) in [7, 11) is 0. The van der Waals surface area contributed by atoms with E-state index in [1.807, 2.05) is 73.0 Å². The van der Waals surface area contributed by atoms with Crippen LogP contribution in [0.15, 0.2) is 78.0 Å². The van der Waals surface area contributed by atoms with Crippen LogP contribution in [0.2, 0.25) is 5.02 Å². The maximum absolute atomic E-state index is 12.6. The molecule has 0 saturated heterocycles. The summed E-state index contributed by atoms with van der Waals surface area (Å²) in [6.45, 7) is 3.98. The fourth-order valence-corrected chi connectivity index (χ4v) is 4.11. The van der Waals surface area contributed by atoms with Gasteiger partial charge in [0.25, 0.3) is 0 Å². The first-order valence-corrected chi connectivity index (χ1v) is 11.1. The fourth-order valence-electron chi connectivity index (χ4n) is 3.18. The van der Waals surface area contributed by atoms with Crippen LogP contribution in [-0.4, -0.2) is 26.4 Å². The number of nitrogens with one attached hydrogen (secondary N) is 1. The zero-order chi connectivity index (χ0) is 21.8. The molecule has 0 fully saturated rings. The van der Waals surface area contributed by atoms with Gasteiger partial charge in [-0.05, 0) is 49.2 Å². The van der Waals surface area contributed by atoms with Crippen LogP contribution in [-0.2, 0) is 4.79 Å². The average Bonchev–Trinajstić information content (AvgIpc) is 3.19. The second-order valence-corrected chi connectivity index (χ2v) is 8.52. The minimum Gasteiger partial charge on any atom is -0.325 e. The SMILES string of the molecule is Cc1cccc(-n2c(SCC(=O)Nc3cc(Cl)ccc3C)nnc2-c2ccccc2)c1. The molecule has 0 bridgehead atoms. The molecule has 156 valence electrons. The topological polar surface area (TPSA) is 59.8 Å². The highest BCUT2D eigenvalue weighted by Gasteiger charge is 2.17. The first-order chi connectivity index (χ1) is 15.0. The van der Waals surface area contributed by atoms with Gasteiger partial charge >= 0.3 is 0 Å². The predicted molar refractivity (Wildman–Crippen MR) is 127 cm³/mol. The van der Waals surface area contributed by atoms with Gasteiger partial charge in [-0.15, -0.1) is 10.2 Å². The van der Waals surface area contributed by atoms with Crippen molar-refractivity contribution in [3.63, 3.8) is 0 Å². The molecule has 1 aromatic heterocycles. The number of hydrogen-bond acceptors (Lipinski definition) is 4. The molecular formula is C24H21ClN4OS. The van der Waals surface area contributed by atoms with Gasteiger partial charge in [-0.1, -0.05) is 71.9 Å². The van der Waals surface area contributed by atoms with Crippen LogP contribution in [0.1, 0.15) is 11.1 Å². The first-order valence-electron chi connectivity index (χ1n) is 9.78. The molecule has 0 aliphatic rings. The molecule has 1 heterocycles. The van der Waals surface area contributed by atoms with Crippen molar-refractivity contribution in [2.45, 2.75) is 19.0 Å². The molecule has 0 spiro atoms. The third-order valence-corrected chi connectivity index (χ3v) is 5.90. The number of amides is 1. The molecule has 7 heteroatoms. The number of rotatable bonds is 6. The van der Waals surface area contributed by atoms with Gasteiger partial charge in [0, 0.05) is 22.0 Å². The maximum Gasteiger partial charge on any atom is 0.234 e. The van der Waals surface area contributed by atoms with E-state index in [2.05, 4.69) is 21.6 Å². The van der Waals surface area contributed by atoms with Crippen molar-refractivity contribution in [1.82, 2.24) is 14.8 Å². The Hall–Kier alpha value is -3.09. The number of carbonyl (C=O) groups is 1. The molecule has 5 nitrogen and oxygen atoms in total. The Morgan fingerprint density at radius 3 is 2.58 bits per heavy atom. The lowest BCUT2D eigenvalue weighted by molar-refractivity contribution is -0.113. The molecule has 3 aromatic carbocycles. The lowest BCUT2D eigenvalue weighted by Crippen LogP contribution is -2.15. The monoisotopic (exact) mass is 448 g/mol. The van der Waals surface area contributed by atoms with Crippen molar-refractivity contribution in [3.8, 4) is 17.1 Å². The number of aromatic nitrogens is 3. The smallest absolute Gasteiger partial charge is 0.234 e. The van der Waals surface area contributed by atoms with Crippen molar-refractivity contribution in [1.29, 1.82) is 0 Å². The summed E-state index contributed by atoms with van der Waals surface area (Å²) >= 11 is 7.40. The normalized spacial score (nSPS) is 10.8. The van der Waals surface area contributed by atoms with E-state index in [0.29, 0.717) is 15.9 Å². The second-order valence-electron chi connectivity index (χ2n) is 7.14. The minimum atomic E-state index is -0.129. The second kappa shape index (κ2) is 9.37. The highest BCUT2D eigenvalue weighted by atomic mass is 35.5. The third-order valence-electron chi connectivity index (χ3n) is 4.73. The van der Waals surface area contributed by atoms with Gasteiger partial charge in [0.05, 0.1) is 5.75 Å². The Bertz CT molecular complexity index is 1220. The first kappa shape index (κ1) is 21.2. The standard InChI is InChI=1S/C24H21ClN4OS/c1-16-7-6-10-20(13-16)29-23(18-8-4-3-5-9-18)27-28-24(29)31-15-22(30)26-21-14-19(25)12-11-17(21)2/h3-14H,15H2,1-2H3,(H,26,30). The Kier molecular flexibility index (Phi) is 6.39. The van der Waals surface area contributed by atoms with E-state index in [1.54, 1.807) is 12.1 Å². The summed E-state index contributed by atoms with van der Waals surface area (Å²) in [6.07, 6.45) is 0. The molecule has 0 aliphatic heterocycles. The van der Waals surface area contributed by atoms with Gasteiger partial charge in [-0.25, -0.2) is 0 Å². The highest BCUT2D eigenvalue weighted by Crippen LogP contribution is 2.28. The van der Waals surface area contributed by atoms with Crippen LogP contribution < -0.4 is 5.32 Å². The van der Waals surface area contributed by atoms with Crippen LogP contribution in [0.3, 0.4) is 0 Å². The largest absolute Gasteiger partial charge is 0.325 e. The zero-order valence-corrected chi connectivity index (χ0v) is 18.7. The van der Waals surface area contributed by atoms with Gasteiger partial charge in [0.1, 0.15) is 0 Å². The van der Waals surface area contributed by atoms with Crippen molar-refractivity contribution in [2.24, 2.45) is 0 Å². The van der Waals surface area contributed by atoms with Crippen LogP contribution in [0.25, 0.3) is 17.1 Å². The molecule has 4 aromatic rings. The molecule has 0 atom stereocenters. The quantitative estimate of drug-likeness (QED) is 0.371. The van der Waals surface area contributed by atoms with E-state index in [9.17, 15) is 4.79 Å². The summed E-state index contributed by atoms with van der Waals surface area (Å²) in [5, 5.41) is 13.0. The van der Waals surface area contributed by atoms with Gasteiger partial charge in [-0.3, -0.25) is 9.36 Å². The average molecular weight is 449 g/mol. The minimum absolute atomic E-state index is 0.129. The van der Waals surface area contributed by atoms with Gasteiger partial charge in [-0.2, -0.15) is 0 Å². The molecule has 0 saturated carbocycles. The molecule has 0 aliphatic carbocycles. The van der Waals surface area contributed by atoms with Crippen molar-refractivity contribution in [2.75, 3.05) is 11.1 Å². The molecule has 31 heavy (non-hydrogen) atoms. The van der Waals surface area contributed by atoms with Crippen LogP contribution >= 0.6 is 23.4 Å². The van der Waals surface area contributed by atoms with Crippen LogP contribution in [0.5, 0.6) is 0 Å². The highest BCUT2D eigenvalue weighted by molar-refractivity contribution is 7.99.